The summed E-state index contributed by atoms with van der Waals surface area (Å²) in [5.74, 6) is 0.570. The first-order valence-corrected chi connectivity index (χ1v) is 8.03. The van der Waals surface area contributed by atoms with E-state index < -0.39 is 9.84 Å². The molecule has 2 aliphatic heterocycles. The zero-order chi connectivity index (χ0) is 12.6. The van der Waals surface area contributed by atoms with E-state index in [1.807, 2.05) is 12.1 Å². The highest BCUT2D eigenvalue weighted by molar-refractivity contribution is 7.91. The lowest BCUT2D eigenvalue weighted by molar-refractivity contribution is 0.141. The van der Waals surface area contributed by atoms with Gasteiger partial charge in [-0.25, -0.2) is 8.42 Å². The van der Waals surface area contributed by atoms with E-state index in [-0.39, 0.29) is 23.6 Å². The molecule has 0 radical (unpaired) electrons. The Morgan fingerprint density at radius 2 is 2.11 bits per heavy atom. The van der Waals surface area contributed by atoms with Crippen molar-refractivity contribution in [3.63, 3.8) is 0 Å². The van der Waals surface area contributed by atoms with Crippen molar-refractivity contribution in [1.82, 2.24) is 15.2 Å². The Labute approximate surface area is 107 Å². The zero-order valence-electron chi connectivity index (χ0n) is 10.1. The second-order valence-electron chi connectivity index (χ2n) is 5.03. The van der Waals surface area contributed by atoms with Gasteiger partial charge in [-0.3, -0.25) is 9.88 Å². The van der Waals surface area contributed by atoms with Crippen molar-refractivity contribution >= 4 is 9.84 Å². The maximum Gasteiger partial charge on any atom is 0.153 e. The van der Waals surface area contributed by atoms with Gasteiger partial charge in [0.1, 0.15) is 0 Å². The van der Waals surface area contributed by atoms with Crippen LogP contribution in [-0.2, 0) is 16.4 Å². The summed E-state index contributed by atoms with van der Waals surface area (Å²) in [6.07, 6.45) is 3.56. The molecular formula is C12H17N3O2S. The van der Waals surface area contributed by atoms with Crippen molar-refractivity contribution in [2.75, 3.05) is 24.6 Å². The van der Waals surface area contributed by atoms with Crippen LogP contribution in [-0.4, -0.2) is 55.0 Å². The van der Waals surface area contributed by atoms with E-state index in [1.165, 1.54) is 5.56 Å². The molecule has 1 aromatic rings. The molecule has 2 saturated heterocycles. The smallest absolute Gasteiger partial charge is 0.153 e. The average molecular weight is 267 g/mol. The van der Waals surface area contributed by atoms with Crippen LogP contribution >= 0.6 is 0 Å². The second-order valence-corrected chi connectivity index (χ2v) is 7.18. The maximum atomic E-state index is 11.7. The summed E-state index contributed by atoms with van der Waals surface area (Å²) in [6.45, 7) is 2.57. The average Bonchev–Trinajstić information content (AvgIpc) is 2.66. The van der Waals surface area contributed by atoms with Crippen LogP contribution in [0.4, 0.5) is 0 Å². The number of pyridine rings is 1. The van der Waals surface area contributed by atoms with E-state index in [4.69, 9.17) is 0 Å². The van der Waals surface area contributed by atoms with Crippen LogP contribution in [0.2, 0.25) is 0 Å². The van der Waals surface area contributed by atoms with E-state index in [1.54, 1.807) is 12.4 Å². The summed E-state index contributed by atoms with van der Waals surface area (Å²) in [5.41, 5.74) is 1.19. The summed E-state index contributed by atoms with van der Waals surface area (Å²) >= 11 is 0. The molecule has 98 valence electrons. The fourth-order valence-corrected chi connectivity index (χ4v) is 4.85. The molecule has 0 amide bonds. The molecule has 6 heteroatoms. The van der Waals surface area contributed by atoms with Gasteiger partial charge in [-0.2, -0.15) is 0 Å². The number of piperazine rings is 1. The predicted molar refractivity (Wildman–Crippen MR) is 68.9 cm³/mol. The van der Waals surface area contributed by atoms with E-state index in [0.717, 1.165) is 19.6 Å². The van der Waals surface area contributed by atoms with Crippen LogP contribution in [0.1, 0.15) is 5.56 Å². The Kier molecular flexibility index (Phi) is 3.09. The molecule has 0 spiro atoms. The van der Waals surface area contributed by atoms with Crippen LogP contribution < -0.4 is 5.32 Å². The third-order valence-corrected chi connectivity index (χ3v) is 5.45. The maximum absolute atomic E-state index is 11.7. The first-order valence-electron chi connectivity index (χ1n) is 6.21. The Bertz CT molecular complexity index is 517. The normalized spacial score (nSPS) is 31.1. The molecule has 0 aliphatic carbocycles. The topological polar surface area (TPSA) is 62.3 Å². The van der Waals surface area contributed by atoms with Crippen molar-refractivity contribution in [2.24, 2.45) is 0 Å². The van der Waals surface area contributed by atoms with Gasteiger partial charge in [-0.05, 0) is 17.7 Å². The molecule has 18 heavy (non-hydrogen) atoms. The molecular weight excluding hydrogens is 250 g/mol. The molecule has 3 rings (SSSR count). The minimum Gasteiger partial charge on any atom is -0.310 e. The number of sulfone groups is 1. The van der Waals surface area contributed by atoms with Gasteiger partial charge in [0.25, 0.3) is 0 Å². The minimum absolute atomic E-state index is 0.102. The molecule has 5 nitrogen and oxygen atoms in total. The highest BCUT2D eigenvalue weighted by atomic mass is 32.2. The van der Waals surface area contributed by atoms with E-state index in [9.17, 15) is 8.42 Å². The zero-order valence-corrected chi connectivity index (χ0v) is 10.9. The van der Waals surface area contributed by atoms with Crippen molar-refractivity contribution in [3.05, 3.63) is 30.1 Å². The van der Waals surface area contributed by atoms with Crippen LogP contribution in [0.3, 0.4) is 0 Å². The number of nitrogens with zero attached hydrogens (tertiary/aromatic N) is 2. The quantitative estimate of drug-likeness (QED) is 0.794. The van der Waals surface area contributed by atoms with Gasteiger partial charge in [0, 0.05) is 44.1 Å². The standard InChI is InChI=1S/C12H17N3O2S/c16-18(17)8-11-12(9-18)15(6-5-14-11)7-10-1-3-13-4-2-10/h1-4,11-12,14H,5-9H2/t11-,12-/m0/s1. The van der Waals surface area contributed by atoms with Gasteiger partial charge in [0.2, 0.25) is 0 Å². The Morgan fingerprint density at radius 1 is 1.33 bits per heavy atom. The van der Waals surface area contributed by atoms with E-state index in [2.05, 4.69) is 15.2 Å². The summed E-state index contributed by atoms with van der Waals surface area (Å²) in [4.78, 5) is 6.28. The Hall–Kier alpha value is -0.980. The SMILES string of the molecule is O=S1(=O)C[C@@H]2NCCN(Cc3ccncc3)[C@H]2C1. The summed E-state index contributed by atoms with van der Waals surface area (Å²) in [7, 11) is -2.87. The van der Waals surface area contributed by atoms with Crippen molar-refractivity contribution < 1.29 is 8.42 Å². The summed E-state index contributed by atoms with van der Waals surface area (Å²) in [5, 5.41) is 3.32. The highest BCUT2D eigenvalue weighted by Gasteiger charge is 2.42. The molecule has 1 N–H and O–H groups in total. The van der Waals surface area contributed by atoms with Crippen LogP contribution in [0.5, 0.6) is 0 Å². The van der Waals surface area contributed by atoms with Gasteiger partial charge in [-0.1, -0.05) is 0 Å². The fourth-order valence-electron chi connectivity index (χ4n) is 2.86. The number of rotatable bonds is 2. The van der Waals surface area contributed by atoms with Gasteiger partial charge in [0.15, 0.2) is 9.84 Å². The number of fused-ring (bicyclic) bond motifs is 1. The van der Waals surface area contributed by atoms with Gasteiger partial charge in [0.05, 0.1) is 11.5 Å². The monoisotopic (exact) mass is 267 g/mol. The first kappa shape index (κ1) is 12.1. The third kappa shape index (κ3) is 2.41. The highest BCUT2D eigenvalue weighted by Crippen LogP contribution is 2.22. The number of hydrogen-bond acceptors (Lipinski definition) is 5. The molecule has 0 bridgehead atoms. The summed E-state index contributed by atoms with van der Waals surface area (Å²) < 4.78 is 23.4. The lowest BCUT2D eigenvalue weighted by Crippen LogP contribution is -2.56. The predicted octanol–water partition coefficient (Wildman–Crippen LogP) is -0.348. The molecule has 2 atom stereocenters. The van der Waals surface area contributed by atoms with Crippen molar-refractivity contribution in [3.8, 4) is 0 Å². The Balaban J connectivity index is 1.76. The molecule has 2 fully saturated rings. The molecule has 0 aromatic carbocycles. The molecule has 0 saturated carbocycles. The first-order chi connectivity index (χ1) is 8.64. The van der Waals surface area contributed by atoms with E-state index in [0.29, 0.717) is 0 Å². The van der Waals surface area contributed by atoms with Gasteiger partial charge < -0.3 is 5.32 Å². The van der Waals surface area contributed by atoms with Crippen molar-refractivity contribution in [2.45, 2.75) is 18.6 Å². The molecule has 2 aliphatic rings. The number of nitrogens with one attached hydrogen (secondary N) is 1. The third-order valence-electron chi connectivity index (χ3n) is 3.73. The lowest BCUT2D eigenvalue weighted by Gasteiger charge is -2.37. The lowest BCUT2D eigenvalue weighted by atomic mass is 10.1. The fraction of sp³-hybridized carbons (Fsp3) is 0.583. The van der Waals surface area contributed by atoms with Crippen LogP contribution in [0.15, 0.2) is 24.5 Å². The number of aromatic nitrogens is 1. The van der Waals surface area contributed by atoms with Gasteiger partial charge >= 0.3 is 0 Å². The van der Waals surface area contributed by atoms with Crippen LogP contribution in [0.25, 0.3) is 0 Å². The molecule has 3 heterocycles. The van der Waals surface area contributed by atoms with E-state index >= 15 is 0 Å². The van der Waals surface area contributed by atoms with Gasteiger partial charge in [-0.15, -0.1) is 0 Å². The van der Waals surface area contributed by atoms with Crippen molar-refractivity contribution in [1.29, 1.82) is 0 Å². The molecule has 0 unspecified atom stereocenters. The number of hydrogen-bond donors (Lipinski definition) is 1. The Morgan fingerprint density at radius 3 is 2.89 bits per heavy atom. The largest absolute Gasteiger partial charge is 0.310 e. The van der Waals surface area contributed by atoms with Crippen LogP contribution in [0, 0.1) is 0 Å². The second kappa shape index (κ2) is 4.60. The molecule has 1 aromatic heterocycles. The summed E-state index contributed by atoms with van der Waals surface area (Å²) in [6, 6.07) is 4.20. The minimum atomic E-state index is -2.87.